The number of hydrogen-bond acceptors (Lipinski definition) is 7. The van der Waals surface area contributed by atoms with Gasteiger partial charge in [0.05, 0.1) is 17.3 Å². The summed E-state index contributed by atoms with van der Waals surface area (Å²) in [5.41, 5.74) is 7.54. The molecule has 28 heavy (non-hydrogen) atoms. The van der Waals surface area contributed by atoms with E-state index < -0.39 is 0 Å². The summed E-state index contributed by atoms with van der Waals surface area (Å²) in [6.45, 7) is 2.24. The first-order valence-corrected chi connectivity index (χ1v) is 10.7. The molecule has 0 saturated heterocycles. The molecular formula is C17H18Br2ClN7O. The van der Waals surface area contributed by atoms with Crippen LogP contribution >= 0.6 is 43.5 Å². The molecular weight excluding hydrogens is 513 g/mol. The smallest absolute Gasteiger partial charge is 0.228 e. The van der Waals surface area contributed by atoms with Gasteiger partial charge in [0.15, 0.2) is 5.65 Å². The maximum Gasteiger partial charge on any atom is 0.228 e. The second kappa shape index (κ2) is 8.40. The van der Waals surface area contributed by atoms with Crippen molar-refractivity contribution in [2.45, 2.75) is 18.9 Å². The van der Waals surface area contributed by atoms with Crippen molar-refractivity contribution in [1.82, 2.24) is 24.9 Å². The van der Waals surface area contributed by atoms with Crippen LogP contribution in [0.25, 0.3) is 5.65 Å². The van der Waals surface area contributed by atoms with Crippen LogP contribution in [0.3, 0.4) is 0 Å². The van der Waals surface area contributed by atoms with Gasteiger partial charge in [-0.05, 0) is 41.0 Å². The summed E-state index contributed by atoms with van der Waals surface area (Å²) in [4.78, 5) is 8.55. The summed E-state index contributed by atoms with van der Waals surface area (Å²) < 4.78 is 9.21. The van der Waals surface area contributed by atoms with Gasteiger partial charge in [0, 0.05) is 29.0 Å². The Morgan fingerprint density at radius 1 is 1.29 bits per heavy atom. The monoisotopic (exact) mass is 529 g/mol. The Balaban J connectivity index is 1.32. The van der Waals surface area contributed by atoms with E-state index in [4.69, 9.17) is 22.1 Å². The lowest BCUT2D eigenvalue weighted by molar-refractivity contribution is 0.251. The third-order valence-electron chi connectivity index (χ3n) is 4.44. The van der Waals surface area contributed by atoms with Crippen LogP contribution in [-0.4, -0.2) is 39.3 Å². The van der Waals surface area contributed by atoms with Crippen molar-refractivity contribution < 1.29 is 4.74 Å². The fourth-order valence-electron chi connectivity index (χ4n) is 3.15. The second-order valence-electron chi connectivity index (χ2n) is 6.36. The molecule has 4 N–H and O–H groups in total. The van der Waals surface area contributed by atoms with Crippen molar-refractivity contribution in [3.63, 3.8) is 0 Å². The van der Waals surface area contributed by atoms with Gasteiger partial charge in [-0.2, -0.15) is 19.6 Å². The molecule has 1 aromatic carbocycles. The average molecular weight is 532 g/mol. The van der Waals surface area contributed by atoms with Gasteiger partial charge in [0.2, 0.25) is 11.9 Å². The highest BCUT2D eigenvalue weighted by Crippen LogP contribution is 2.40. The van der Waals surface area contributed by atoms with E-state index >= 15 is 0 Å². The van der Waals surface area contributed by atoms with Crippen LogP contribution < -0.4 is 21.1 Å². The molecule has 0 saturated carbocycles. The van der Waals surface area contributed by atoms with Crippen LogP contribution in [0, 0.1) is 0 Å². The summed E-state index contributed by atoms with van der Waals surface area (Å²) in [6, 6.07) is 4.36. The largest absolute Gasteiger partial charge is 0.492 e. The molecule has 1 aliphatic rings. The molecule has 8 nitrogen and oxygen atoms in total. The summed E-state index contributed by atoms with van der Waals surface area (Å²) in [7, 11) is 0. The third kappa shape index (κ3) is 4.05. The zero-order valence-corrected chi connectivity index (χ0v) is 18.7. The van der Waals surface area contributed by atoms with E-state index in [9.17, 15) is 0 Å². The molecule has 0 fully saturated rings. The van der Waals surface area contributed by atoms with Crippen molar-refractivity contribution in [2.75, 3.05) is 30.7 Å². The van der Waals surface area contributed by atoms with Crippen LogP contribution in [0.4, 0.5) is 11.9 Å². The minimum Gasteiger partial charge on any atom is -0.492 e. The first-order chi connectivity index (χ1) is 13.5. The van der Waals surface area contributed by atoms with Crippen LogP contribution in [0.2, 0.25) is 5.02 Å². The molecule has 148 valence electrons. The van der Waals surface area contributed by atoms with Crippen molar-refractivity contribution in [2.24, 2.45) is 0 Å². The number of anilines is 2. The van der Waals surface area contributed by atoms with Crippen molar-refractivity contribution >= 4 is 61.0 Å². The first-order valence-electron chi connectivity index (χ1n) is 8.78. The van der Waals surface area contributed by atoms with Crippen LogP contribution in [-0.2, 0) is 0 Å². The Morgan fingerprint density at radius 3 is 3.00 bits per heavy atom. The lowest BCUT2D eigenvalue weighted by atomic mass is 10.0. The number of nitrogens with zero attached hydrogens (tertiary/aromatic N) is 4. The first kappa shape index (κ1) is 19.7. The molecule has 1 aliphatic heterocycles. The highest BCUT2D eigenvalue weighted by molar-refractivity contribution is 9.11. The van der Waals surface area contributed by atoms with Crippen LogP contribution in [0.5, 0.6) is 5.75 Å². The van der Waals surface area contributed by atoms with Gasteiger partial charge >= 0.3 is 0 Å². The number of hydrogen-bond donors (Lipinski definition) is 3. The SMILES string of the molecule is Nc1nc(NCCCNC2CCOc3c(Br)cc(Br)cc32)nc2c(Cl)cnn12. The average Bonchev–Trinajstić information content (AvgIpc) is 3.03. The van der Waals surface area contributed by atoms with E-state index in [2.05, 4.69) is 63.6 Å². The quantitative estimate of drug-likeness (QED) is 0.416. The molecule has 2 aromatic heterocycles. The van der Waals surface area contributed by atoms with Gasteiger partial charge in [0.1, 0.15) is 10.8 Å². The number of rotatable bonds is 6. The molecule has 11 heteroatoms. The van der Waals surface area contributed by atoms with Crippen LogP contribution in [0.1, 0.15) is 24.4 Å². The topological polar surface area (TPSA) is 102 Å². The van der Waals surface area contributed by atoms with E-state index in [0.29, 0.717) is 29.8 Å². The number of nitrogen functional groups attached to an aromatic ring is 1. The van der Waals surface area contributed by atoms with E-state index in [-0.39, 0.29) is 12.0 Å². The maximum atomic E-state index is 6.07. The normalized spacial score (nSPS) is 16.0. The Morgan fingerprint density at radius 2 is 2.14 bits per heavy atom. The Kier molecular flexibility index (Phi) is 5.91. The van der Waals surface area contributed by atoms with Crippen LogP contribution in [0.15, 0.2) is 27.3 Å². The number of ether oxygens (including phenoxy) is 1. The Hall–Kier alpha value is -1.62. The van der Waals surface area contributed by atoms with Crippen molar-refractivity contribution in [1.29, 1.82) is 0 Å². The lowest BCUT2D eigenvalue weighted by Gasteiger charge is -2.28. The molecule has 4 rings (SSSR count). The van der Waals surface area contributed by atoms with E-state index in [0.717, 1.165) is 39.6 Å². The number of benzene rings is 1. The molecule has 3 heterocycles. The number of nitrogens with one attached hydrogen (secondary N) is 2. The Bertz CT molecular complexity index is 1010. The van der Waals surface area contributed by atoms with E-state index in [1.54, 1.807) is 0 Å². The zero-order valence-electron chi connectivity index (χ0n) is 14.8. The van der Waals surface area contributed by atoms with E-state index in [1.807, 2.05) is 6.07 Å². The molecule has 1 atom stereocenters. The summed E-state index contributed by atoms with van der Waals surface area (Å²) in [6.07, 6.45) is 3.32. The molecule has 1 unspecified atom stereocenters. The van der Waals surface area contributed by atoms with E-state index in [1.165, 1.54) is 10.7 Å². The molecule has 0 bridgehead atoms. The van der Waals surface area contributed by atoms with Gasteiger partial charge in [-0.25, -0.2) is 0 Å². The number of aromatic nitrogens is 4. The molecule has 0 amide bonds. The van der Waals surface area contributed by atoms with Gasteiger partial charge < -0.3 is 21.1 Å². The molecule has 3 aromatic rings. The van der Waals surface area contributed by atoms with Gasteiger partial charge in [-0.1, -0.05) is 27.5 Å². The van der Waals surface area contributed by atoms with Crippen molar-refractivity contribution in [3.05, 3.63) is 37.9 Å². The number of nitrogens with two attached hydrogens (primary N) is 1. The molecule has 0 spiro atoms. The summed E-state index contributed by atoms with van der Waals surface area (Å²) >= 11 is 13.2. The number of halogens is 3. The number of fused-ring (bicyclic) bond motifs is 2. The van der Waals surface area contributed by atoms with Gasteiger partial charge in [-0.3, -0.25) is 0 Å². The minimum atomic E-state index is 0.243. The summed E-state index contributed by atoms with van der Waals surface area (Å²) in [5, 5.41) is 11.3. The standard InChI is InChI=1S/C17H18Br2ClN7O/c18-9-6-10-13(2-5-28-14(10)11(19)7-9)22-3-1-4-23-17-25-15-12(20)8-24-27(15)16(21)26-17/h6-8,13,22H,1-5H2,(H3,21,23,25,26). The summed E-state index contributed by atoms with van der Waals surface area (Å²) in [5.74, 6) is 1.60. The third-order valence-corrected chi connectivity index (χ3v) is 5.76. The van der Waals surface area contributed by atoms with Gasteiger partial charge in [0.25, 0.3) is 0 Å². The predicted molar refractivity (Wildman–Crippen MR) is 116 cm³/mol. The Labute approximate surface area is 183 Å². The lowest BCUT2D eigenvalue weighted by Crippen LogP contribution is -2.29. The minimum absolute atomic E-state index is 0.243. The highest BCUT2D eigenvalue weighted by Gasteiger charge is 2.23. The fraction of sp³-hybridized carbons (Fsp3) is 0.353. The highest BCUT2D eigenvalue weighted by atomic mass is 79.9. The zero-order chi connectivity index (χ0) is 19.7. The molecule has 0 radical (unpaired) electrons. The fourth-order valence-corrected chi connectivity index (χ4v) is 4.69. The second-order valence-corrected chi connectivity index (χ2v) is 8.54. The predicted octanol–water partition coefficient (Wildman–Crippen LogP) is 3.80. The molecule has 0 aliphatic carbocycles. The van der Waals surface area contributed by atoms with Crippen molar-refractivity contribution in [3.8, 4) is 5.75 Å². The van der Waals surface area contributed by atoms with Gasteiger partial charge in [-0.15, -0.1) is 0 Å². The maximum absolute atomic E-state index is 6.07.